The van der Waals surface area contributed by atoms with Gasteiger partial charge in [-0.15, -0.1) is 0 Å². The largest absolute Gasteiger partial charge is 1.00 e. The molecule has 0 fully saturated rings. The molecule has 1 aromatic carbocycles. The first-order chi connectivity index (χ1) is 8.14. The van der Waals surface area contributed by atoms with E-state index in [0.29, 0.717) is 0 Å². The van der Waals surface area contributed by atoms with E-state index in [9.17, 15) is 0 Å². The van der Waals surface area contributed by atoms with Gasteiger partial charge in [-0.3, -0.25) is 0 Å². The summed E-state index contributed by atoms with van der Waals surface area (Å²) in [5, 5.41) is 0. The number of hydrogen-bond donors (Lipinski definition) is 0. The Morgan fingerprint density at radius 3 is 2.11 bits per heavy atom. The molecule has 0 saturated heterocycles. The Labute approximate surface area is 131 Å². The maximum atomic E-state index is 2.51. The van der Waals surface area contributed by atoms with Crippen molar-refractivity contribution in [2.45, 2.75) is 45.2 Å². The van der Waals surface area contributed by atoms with Gasteiger partial charge in [0.25, 0.3) is 0 Å². The first-order valence-corrected chi connectivity index (χ1v) is 10.1. The monoisotopic (exact) mass is 378 g/mol. The summed E-state index contributed by atoms with van der Waals surface area (Å²) >= 11 is 0. The van der Waals surface area contributed by atoms with Crippen molar-refractivity contribution in [1.82, 2.24) is 0 Å². The van der Waals surface area contributed by atoms with Crippen molar-refractivity contribution in [2.75, 3.05) is 19.5 Å². The van der Waals surface area contributed by atoms with Gasteiger partial charge in [0.1, 0.15) is 0 Å². The van der Waals surface area contributed by atoms with Gasteiger partial charge in [-0.2, -0.15) is 0 Å². The normalized spacial score (nSPS) is 11.1. The molecule has 2 heteroatoms. The Balaban J connectivity index is 0.00000289. The molecule has 0 nitrogen and oxygen atoms in total. The molecule has 1 aromatic rings. The molecule has 0 saturated carbocycles. The van der Waals surface area contributed by atoms with Crippen LogP contribution in [0.3, 0.4) is 0 Å². The predicted octanol–water partition coefficient (Wildman–Crippen LogP) is 2.44. The summed E-state index contributed by atoms with van der Waals surface area (Å²) in [6.07, 6.45) is 9.86. The van der Waals surface area contributed by atoms with Crippen molar-refractivity contribution in [1.29, 1.82) is 0 Å². The zero-order valence-electron chi connectivity index (χ0n) is 12.2. The number of rotatable bonds is 8. The van der Waals surface area contributed by atoms with Gasteiger partial charge in [-0.25, -0.2) is 0 Å². The van der Waals surface area contributed by atoms with Crippen molar-refractivity contribution < 1.29 is 24.0 Å². The maximum absolute atomic E-state index is 2.51. The summed E-state index contributed by atoms with van der Waals surface area (Å²) < 4.78 is 0. The number of unbranched alkanes of at least 4 members (excludes halogenated alkanes) is 4. The van der Waals surface area contributed by atoms with E-state index >= 15 is 0 Å². The zero-order valence-corrected chi connectivity index (χ0v) is 15.2. The molecular weight excluding hydrogens is 350 g/mol. The van der Waals surface area contributed by atoms with E-state index < -0.39 is 7.26 Å². The van der Waals surface area contributed by atoms with Gasteiger partial charge < -0.3 is 24.0 Å². The van der Waals surface area contributed by atoms with Crippen molar-refractivity contribution >= 4 is 7.26 Å². The van der Waals surface area contributed by atoms with Crippen LogP contribution in [0.25, 0.3) is 0 Å². The maximum Gasteiger partial charge on any atom is 0.0837 e. The van der Waals surface area contributed by atoms with Crippen molar-refractivity contribution in [2.24, 2.45) is 0 Å². The Morgan fingerprint density at radius 2 is 1.50 bits per heavy atom. The van der Waals surface area contributed by atoms with Crippen LogP contribution in [0.1, 0.15) is 44.6 Å². The van der Waals surface area contributed by atoms with Crippen LogP contribution in [0.2, 0.25) is 0 Å². The Kier molecular flexibility index (Phi) is 10.4. The molecule has 0 radical (unpaired) electrons. The third-order valence-electron chi connectivity index (χ3n) is 3.32. The van der Waals surface area contributed by atoms with E-state index in [1.165, 1.54) is 50.0 Å². The molecule has 18 heavy (non-hydrogen) atoms. The molecule has 0 aliphatic rings. The molecule has 104 valence electrons. The van der Waals surface area contributed by atoms with Crippen LogP contribution in [0, 0.1) is 0 Å². The van der Waals surface area contributed by atoms with Crippen molar-refractivity contribution in [3.8, 4) is 0 Å². The van der Waals surface area contributed by atoms with E-state index in [4.69, 9.17) is 0 Å². The van der Waals surface area contributed by atoms with E-state index in [-0.39, 0.29) is 24.0 Å². The minimum Gasteiger partial charge on any atom is -1.00 e. The van der Waals surface area contributed by atoms with E-state index in [1.54, 1.807) is 0 Å². The summed E-state index contributed by atoms with van der Waals surface area (Å²) in [6, 6.07) is 11.0. The van der Waals surface area contributed by atoms with Crippen LogP contribution < -0.4 is 24.0 Å². The fourth-order valence-electron chi connectivity index (χ4n) is 2.30. The highest BCUT2D eigenvalue weighted by molar-refractivity contribution is 7.73. The van der Waals surface area contributed by atoms with Gasteiger partial charge in [-0.1, -0.05) is 56.5 Å². The van der Waals surface area contributed by atoms with Crippen LogP contribution in [-0.2, 0) is 6.16 Å². The van der Waals surface area contributed by atoms with Crippen LogP contribution >= 0.6 is 7.26 Å². The highest BCUT2D eigenvalue weighted by Gasteiger charge is 2.24. The van der Waals surface area contributed by atoms with E-state index in [1.807, 2.05) is 0 Å². The van der Waals surface area contributed by atoms with Gasteiger partial charge >= 0.3 is 0 Å². The fraction of sp³-hybridized carbons (Fsp3) is 0.625. The standard InChI is InChI=1S/C16H28P.HI/c1-4-5-6-7-11-14-17(2,3)15-16-12-9-8-10-13-16;/h8-10,12-13H,4-7,11,14-15H2,1-3H3;1H/q+1;/p-1. The topological polar surface area (TPSA) is 0 Å². The lowest BCUT2D eigenvalue weighted by atomic mass is 10.2. The van der Waals surface area contributed by atoms with E-state index in [0.717, 1.165) is 0 Å². The summed E-state index contributed by atoms with van der Waals surface area (Å²) in [5.41, 5.74) is 1.53. The summed E-state index contributed by atoms with van der Waals surface area (Å²) in [5.74, 6) is 0. The first-order valence-electron chi connectivity index (χ1n) is 7.00. The summed E-state index contributed by atoms with van der Waals surface area (Å²) in [6.45, 7) is 7.31. The molecule has 0 amide bonds. The SMILES string of the molecule is CCCCCCC[P+](C)(C)Cc1ccccc1.[I-]. The molecular formula is C16H28IP. The minimum atomic E-state index is -0.713. The van der Waals surface area contributed by atoms with Gasteiger partial charge in [-0.05, 0) is 18.4 Å². The first kappa shape index (κ1) is 18.4. The number of benzene rings is 1. The third kappa shape index (κ3) is 8.48. The summed E-state index contributed by atoms with van der Waals surface area (Å²) in [7, 11) is -0.713. The zero-order chi connectivity index (χ0) is 12.6. The second-order valence-corrected chi connectivity index (χ2v) is 10.4. The minimum absolute atomic E-state index is 0. The smallest absolute Gasteiger partial charge is 0.0837 e. The predicted molar refractivity (Wildman–Crippen MR) is 82.5 cm³/mol. The molecule has 0 aliphatic carbocycles. The van der Waals surface area contributed by atoms with Crippen LogP contribution in [0.4, 0.5) is 0 Å². The third-order valence-corrected chi connectivity index (χ3v) is 6.07. The second kappa shape index (κ2) is 10.2. The molecule has 0 spiro atoms. The van der Waals surface area contributed by atoms with Crippen molar-refractivity contribution in [3.63, 3.8) is 0 Å². The highest BCUT2D eigenvalue weighted by Crippen LogP contribution is 2.54. The number of halogens is 1. The van der Waals surface area contributed by atoms with Crippen LogP contribution in [0.15, 0.2) is 30.3 Å². The average Bonchev–Trinajstić information content (AvgIpc) is 2.29. The highest BCUT2D eigenvalue weighted by atomic mass is 127. The molecule has 0 bridgehead atoms. The quantitative estimate of drug-likeness (QED) is 0.370. The second-order valence-electron chi connectivity index (χ2n) is 5.72. The molecule has 0 N–H and O–H groups in total. The lowest BCUT2D eigenvalue weighted by Gasteiger charge is -2.18. The van der Waals surface area contributed by atoms with Crippen LogP contribution in [0.5, 0.6) is 0 Å². The van der Waals surface area contributed by atoms with Gasteiger partial charge in [0.2, 0.25) is 0 Å². The average molecular weight is 378 g/mol. The molecule has 1 rings (SSSR count). The molecule has 0 unspecified atom stereocenters. The fourth-order valence-corrected chi connectivity index (χ4v) is 4.74. The van der Waals surface area contributed by atoms with Gasteiger partial charge in [0.05, 0.1) is 12.3 Å². The Morgan fingerprint density at radius 1 is 0.889 bits per heavy atom. The Bertz CT molecular complexity index is 295. The van der Waals surface area contributed by atoms with Gasteiger partial charge in [0, 0.05) is 20.6 Å². The molecule has 0 aliphatic heterocycles. The van der Waals surface area contributed by atoms with Crippen LogP contribution in [-0.4, -0.2) is 19.5 Å². The molecule has 0 heterocycles. The van der Waals surface area contributed by atoms with Gasteiger partial charge in [0.15, 0.2) is 0 Å². The van der Waals surface area contributed by atoms with Crippen molar-refractivity contribution in [3.05, 3.63) is 35.9 Å². The summed E-state index contributed by atoms with van der Waals surface area (Å²) in [4.78, 5) is 0. The van der Waals surface area contributed by atoms with E-state index in [2.05, 4.69) is 50.6 Å². The number of hydrogen-bond acceptors (Lipinski definition) is 0. The Hall–Kier alpha value is 0.380. The molecule has 0 aromatic heterocycles. The lowest BCUT2D eigenvalue weighted by Crippen LogP contribution is -3.00. The lowest BCUT2D eigenvalue weighted by molar-refractivity contribution is -0.00000392. The molecule has 0 atom stereocenters.